The van der Waals surface area contributed by atoms with E-state index in [1.165, 1.54) is 5.56 Å². The molecule has 154 valence electrons. The first kappa shape index (κ1) is 21.7. The number of rotatable bonds is 6. The number of benzene rings is 2. The molecule has 0 spiro atoms. The van der Waals surface area contributed by atoms with Gasteiger partial charge in [-0.3, -0.25) is 4.90 Å². The van der Waals surface area contributed by atoms with Crippen LogP contribution < -0.4 is 10.1 Å². The van der Waals surface area contributed by atoms with Gasteiger partial charge in [0.2, 0.25) is 0 Å². The van der Waals surface area contributed by atoms with Gasteiger partial charge in [-0.1, -0.05) is 41.9 Å². The van der Waals surface area contributed by atoms with Crippen LogP contribution in [0.25, 0.3) is 0 Å². The molecular formula is C22H26Cl2N4O. The summed E-state index contributed by atoms with van der Waals surface area (Å²) in [5.74, 6) is 1.96. The first-order valence-electron chi connectivity index (χ1n) is 9.58. The van der Waals surface area contributed by atoms with Crippen molar-refractivity contribution in [1.29, 1.82) is 0 Å². The quantitative estimate of drug-likeness (QED) is 0.632. The first-order valence-corrected chi connectivity index (χ1v) is 9.95. The molecule has 2 heterocycles. The number of halogens is 2. The lowest BCUT2D eigenvalue weighted by Crippen LogP contribution is -2.46. The average molecular weight is 433 g/mol. The van der Waals surface area contributed by atoms with Crippen LogP contribution >= 0.6 is 24.0 Å². The van der Waals surface area contributed by atoms with Crippen molar-refractivity contribution >= 4 is 24.0 Å². The lowest BCUT2D eigenvalue weighted by atomic mass is 10.1. The zero-order valence-electron chi connectivity index (χ0n) is 16.4. The summed E-state index contributed by atoms with van der Waals surface area (Å²) in [6.07, 6.45) is 3.87. The SMILES string of the molecule is Cl.Cn1ccnc1C1CNCCN1Cc1cccc(OCc2ccccc2Cl)c1. The van der Waals surface area contributed by atoms with Crippen molar-refractivity contribution in [2.45, 2.75) is 19.2 Å². The topological polar surface area (TPSA) is 42.3 Å². The number of aryl methyl sites for hydroxylation is 1. The summed E-state index contributed by atoms with van der Waals surface area (Å²) in [5, 5.41) is 4.22. The number of ether oxygens (including phenoxy) is 1. The molecule has 1 aliphatic heterocycles. The van der Waals surface area contributed by atoms with Crippen LogP contribution in [-0.4, -0.2) is 34.1 Å². The Balaban J connectivity index is 0.00000240. The minimum atomic E-state index is 0. The van der Waals surface area contributed by atoms with Crippen molar-refractivity contribution in [3.63, 3.8) is 0 Å². The van der Waals surface area contributed by atoms with E-state index in [0.29, 0.717) is 6.61 Å². The number of hydrogen-bond donors (Lipinski definition) is 1. The van der Waals surface area contributed by atoms with E-state index in [4.69, 9.17) is 16.3 Å². The Bertz CT molecular complexity index is 930. The highest BCUT2D eigenvalue weighted by Crippen LogP contribution is 2.25. The maximum atomic E-state index is 6.23. The van der Waals surface area contributed by atoms with Crippen molar-refractivity contribution < 1.29 is 4.74 Å². The normalized spacial score (nSPS) is 17.0. The van der Waals surface area contributed by atoms with E-state index in [1.807, 2.05) is 42.7 Å². The highest BCUT2D eigenvalue weighted by atomic mass is 35.5. The van der Waals surface area contributed by atoms with E-state index in [9.17, 15) is 0 Å². The van der Waals surface area contributed by atoms with Crippen LogP contribution in [0, 0.1) is 0 Å². The zero-order chi connectivity index (χ0) is 19.3. The molecule has 1 unspecified atom stereocenters. The summed E-state index contributed by atoms with van der Waals surface area (Å²) in [7, 11) is 2.05. The third kappa shape index (κ3) is 5.31. The second-order valence-corrected chi connectivity index (χ2v) is 7.52. The van der Waals surface area contributed by atoms with Crippen LogP contribution in [0.1, 0.15) is 23.0 Å². The average Bonchev–Trinajstić information content (AvgIpc) is 3.14. The van der Waals surface area contributed by atoms with E-state index < -0.39 is 0 Å². The van der Waals surface area contributed by atoms with Crippen molar-refractivity contribution in [1.82, 2.24) is 19.8 Å². The standard InChI is InChI=1S/C22H25ClN4O.ClH/c1-26-11-10-25-22(26)21-14-24-9-12-27(21)15-17-5-4-7-19(13-17)28-16-18-6-2-3-8-20(18)23;/h2-8,10-11,13,21,24H,9,12,14-16H2,1H3;1H. The number of nitrogens with zero attached hydrogens (tertiary/aromatic N) is 3. The number of nitrogens with one attached hydrogen (secondary N) is 1. The summed E-state index contributed by atoms with van der Waals surface area (Å²) in [6, 6.07) is 16.4. The molecule has 4 rings (SSSR count). The highest BCUT2D eigenvalue weighted by Gasteiger charge is 2.26. The molecule has 1 N–H and O–H groups in total. The largest absolute Gasteiger partial charge is 0.489 e. The molecule has 1 atom stereocenters. The Hall–Kier alpha value is -2.05. The third-order valence-electron chi connectivity index (χ3n) is 5.15. The molecule has 0 bridgehead atoms. The van der Waals surface area contributed by atoms with Crippen LogP contribution in [0.2, 0.25) is 5.02 Å². The number of piperazine rings is 1. The van der Waals surface area contributed by atoms with E-state index >= 15 is 0 Å². The van der Waals surface area contributed by atoms with Gasteiger partial charge in [0.15, 0.2) is 0 Å². The van der Waals surface area contributed by atoms with Gasteiger partial charge in [0.1, 0.15) is 18.2 Å². The smallest absolute Gasteiger partial charge is 0.127 e. The van der Waals surface area contributed by atoms with Crippen molar-refractivity contribution in [3.05, 3.63) is 82.9 Å². The monoisotopic (exact) mass is 432 g/mol. The molecule has 0 amide bonds. The summed E-state index contributed by atoms with van der Waals surface area (Å²) in [6.45, 7) is 4.22. The molecule has 3 aromatic rings. The Morgan fingerprint density at radius 3 is 2.86 bits per heavy atom. The van der Waals surface area contributed by atoms with Gasteiger partial charge in [0.25, 0.3) is 0 Å². The molecule has 7 heteroatoms. The van der Waals surface area contributed by atoms with Gasteiger partial charge in [0, 0.05) is 56.2 Å². The zero-order valence-corrected chi connectivity index (χ0v) is 18.0. The fourth-order valence-corrected chi connectivity index (χ4v) is 3.82. The molecule has 2 aromatic carbocycles. The van der Waals surface area contributed by atoms with Crippen LogP contribution in [0.4, 0.5) is 0 Å². The number of imidazole rings is 1. The maximum Gasteiger partial charge on any atom is 0.127 e. The van der Waals surface area contributed by atoms with E-state index in [2.05, 4.69) is 45.0 Å². The molecule has 0 aliphatic carbocycles. The summed E-state index contributed by atoms with van der Waals surface area (Å²) in [4.78, 5) is 7.04. The van der Waals surface area contributed by atoms with Crippen molar-refractivity contribution in [2.24, 2.45) is 7.05 Å². The minimum Gasteiger partial charge on any atom is -0.489 e. The Morgan fingerprint density at radius 2 is 2.07 bits per heavy atom. The number of aromatic nitrogens is 2. The summed E-state index contributed by atoms with van der Waals surface area (Å²) in [5.41, 5.74) is 2.23. The Labute approximate surface area is 183 Å². The van der Waals surface area contributed by atoms with E-state index in [1.54, 1.807) is 0 Å². The first-order chi connectivity index (χ1) is 13.7. The van der Waals surface area contributed by atoms with Crippen molar-refractivity contribution in [2.75, 3.05) is 19.6 Å². The van der Waals surface area contributed by atoms with Gasteiger partial charge in [-0.05, 0) is 23.8 Å². The second-order valence-electron chi connectivity index (χ2n) is 7.11. The van der Waals surface area contributed by atoms with Gasteiger partial charge < -0.3 is 14.6 Å². The molecule has 0 saturated carbocycles. The third-order valence-corrected chi connectivity index (χ3v) is 5.52. The number of hydrogen-bond acceptors (Lipinski definition) is 4. The molecule has 1 aromatic heterocycles. The summed E-state index contributed by atoms with van der Waals surface area (Å²) >= 11 is 6.23. The fraction of sp³-hybridized carbons (Fsp3) is 0.318. The lowest BCUT2D eigenvalue weighted by Gasteiger charge is -2.35. The van der Waals surface area contributed by atoms with Gasteiger partial charge in [-0.2, -0.15) is 0 Å². The van der Waals surface area contributed by atoms with Gasteiger partial charge in [0.05, 0.1) is 6.04 Å². The highest BCUT2D eigenvalue weighted by molar-refractivity contribution is 6.31. The van der Waals surface area contributed by atoms with Gasteiger partial charge >= 0.3 is 0 Å². The van der Waals surface area contributed by atoms with E-state index in [0.717, 1.165) is 48.3 Å². The molecule has 1 saturated heterocycles. The van der Waals surface area contributed by atoms with Crippen molar-refractivity contribution in [3.8, 4) is 5.75 Å². The van der Waals surface area contributed by atoms with Crippen LogP contribution in [0.5, 0.6) is 5.75 Å². The van der Waals surface area contributed by atoms with Crippen LogP contribution in [0.3, 0.4) is 0 Å². The van der Waals surface area contributed by atoms with Crippen LogP contribution in [-0.2, 0) is 20.2 Å². The Kier molecular flexibility index (Phi) is 7.56. The molecule has 29 heavy (non-hydrogen) atoms. The van der Waals surface area contributed by atoms with E-state index in [-0.39, 0.29) is 18.4 Å². The second kappa shape index (κ2) is 10.1. The predicted molar refractivity (Wildman–Crippen MR) is 119 cm³/mol. The molecule has 1 fully saturated rings. The molecular weight excluding hydrogens is 407 g/mol. The maximum absolute atomic E-state index is 6.23. The predicted octanol–water partition coefficient (Wildman–Crippen LogP) is 4.22. The lowest BCUT2D eigenvalue weighted by molar-refractivity contribution is 0.144. The molecule has 1 aliphatic rings. The minimum absolute atomic E-state index is 0. The fourth-order valence-electron chi connectivity index (χ4n) is 3.63. The molecule has 0 radical (unpaired) electrons. The summed E-state index contributed by atoms with van der Waals surface area (Å²) < 4.78 is 8.09. The molecule has 5 nitrogen and oxygen atoms in total. The van der Waals surface area contributed by atoms with Gasteiger partial charge in [-0.25, -0.2) is 4.98 Å². The van der Waals surface area contributed by atoms with Gasteiger partial charge in [-0.15, -0.1) is 12.4 Å². The van der Waals surface area contributed by atoms with Crippen LogP contribution in [0.15, 0.2) is 60.9 Å². The Morgan fingerprint density at radius 1 is 1.21 bits per heavy atom.